The van der Waals surface area contributed by atoms with E-state index < -0.39 is 0 Å². The van der Waals surface area contributed by atoms with Crippen molar-refractivity contribution in [3.05, 3.63) is 66.2 Å². The van der Waals surface area contributed by atoms with E-state index >= 15 is 0 Å². The van der Waals surface area contributed by atoms with Gasteiger partial charge < -0.3 is 10.6 Å². The second kappa shape index (κ2) is 17.7. The van der Waals surface area contributed by atoms with Gasteiger partial charge in [0.05, 0.1) is 0 Å². The van der Waals surface area contributed by atoms with Gasteiger partial charge in [-0.15, -0.1) is 0 Å². The lowest BCUT2D eigenvalue weighted by Gasteiger charge is -2.00. The molecule has 4 nitrogen and oxygen atoms in total. The average Bonchev–Trinajstić information content (AvgIpc) is 2.72. The molecule has 0 saturated heterocycles. The third-order valence-corrected chi connectivity index (χ3v) is 2.64. The van der Waals surface area contributed by atoms with Gasteiger partial charge in [0.1, 0.15) is 0 Å². The molecule has 0 aliphatic carbocycles. The standard InChI is InChI=1S/C9H11NO.C8H9NO.2C2H6/c1-2-9(11)10-8-6-4-3-5-7-8;1-9-8(10)7-5-3-2-4-6-7;2*1-2/h3-7H,2H2,1H3,(H,10,11);2-6H,1H3,(H,9,10);2*1-2H3. The molecule has 0 fully saturated rings. The van der Waals surface area contributed by atoms with Crippen LogP contribution >= 0.6 is 0 Å². The fourth-order valence-corrected chi connectivity index (χ4v) is 1.50. The van der Waals surface area contributed by atoms with Crippen molar-refractivity contribution < 1.29 is 9.59 Å². The van der Waals surface area contributed by atoms with Crippen LogP contribution in [0.3, 0.4) is 0 Å². The maximum Gasteiger partial charge on any atom is 0.251 e. The number of hydrogen-bond donors (Lipinski definition) is 2. The van der Waals surface area contributed by atoms with Crippen LogP contribution in [0.2, 0.25) is 0 Å². The zero-order valence-corrected chi connectivity index (χ0v) is 16.3. The number of carbonyl (C=O) groups excluding carboxylic acids is 2. The highest BCUT2D eigenvalue weighted by molar-refractivity contribution is 5.93. The number of benzene rings is 2. The van der Waals surface area contributed by atoms with Crippen molar-refractivity contribution in [1.29, 1.82) is 0 Å². The summed E-state index contributed by atoms with van der Waals surface area (Å²) in [5.74, 6) is 0.0109. The first-order valence-corrected chi connectivity index (χ1v) is 8.79. The smallest absolute Gasteiger partial charge is 0.251 e. The van der Waals surface area contributed by atoms with E-state index in [1.807, 2.05) is 83.1 Å². The number of amides is 2. The van der Waals surface area contributed by atoms with Crippen molar-refractivity contribution in [1.82, 2.24) is 5.32 Å². The van der Waals surface area contributed by atoms with Gasteiger partial charge in [-0.3, -0.25) is 9.59 Å². The van der Waals surface area contributed by atoms with E-state index in [2.05, 4.69) is 10.6 Å². The first-order valence-electron chi connectivity index (χ1n) is 8.79. The quantitative estimate of drug-likeness (QED) is 0.810. The number of para-hydroxylation sites is 1. The predicted molar refractivity (Wildman–Crippen MR) is 108 cm³/mol. The molecule has 0 atom stereocenters. The van der Waals surface area contributed by atoms with E-state index in [1.54, 1.807) is 19.2 Å². The molecule has 0 aliphatic heterocycles. The fraction of sp³-hybridized carbons (Fsp3) is 0.333. The highest BCUT2D eigenvalue weighted by Gasteiger charge is 1.98. The summed E-state index contributed by atoms with van der Waals surface area (Å²) >= 11 is 0. The second-order valence-corrected chi connectivity index (χ2v) is 4.21. The Morgan fingerprint density at radius 1 is 0.800 bits per heavy atom. The van der Waals surface area contributed by atoms with Crippen molar-refractivity contribution in [3.63, 3.8) is 0 Å². The maximum atomic E-state index is 10.9. The summed E-state index contributed by atoms with van der Waals surface area (Å²) in [6.45, 7) is 9.83. The molecular weight excluding hydrogens is 312 g/mol. The molecule has 0 aliphatic rings. The molecule has 25 heavy (non-hydrogen) atoms. The summed E-state index contributed by atoms with van der Waals surface area (Å²) in [7, 11) is 1.62. The minimum atomic E-state index is -0.0411. The van der Waals surface area contributed by atoms with Gasteiger partial charge in [-0.2, -0.15) is 0 Å². The minimum Gasteiger partial charge on any atom is -0.355 e. The molecule has 0 bridgehead atoms. The van der Waals surface area contributed by atoms with E-state index in [9.17, 15) is 9.59 Å². The summed E-state index contributed by atoms with van der Waals surface area (Å²) < 4.78 is 0. The summed E-state index contributed by atoms with van der Waals surface area (Å²) in [5.41, 5.74) is 1.56. The molecule has 2 aromatic carbocycles. The van der Waals surface area contributed by atoms with Crippen LogP contribution in [0.1, 0.15) is 51.4 Å². The van der Waals surface area contributed by atoms with E-state index in [0.717, 1.165) is 5.69 Å². The molecule has 4 heteroatoms. The van der Waals surface area contributed by atoms with Crippen molar-refractivity contribution in [3.8, 4) is 0 Å². The monoisotopic (exact) mass is 344 g/mol. The molecule has 0 radical (unpaired) electrons. The lowest BCUT2D eigenvalue weighted by Crippen LogP contribution is -2.17. The first kappa shape index (κ1) is 24.6. The Bertz CT molecular complexity index is 555. The van der Waals surface area contributed by atoms with Gasteiger partial charge in [0.15, 0.2) is 0 Å². The predicted octanol–water partition coefficient (Wildman–Crippen LogP) is 5.13. The van der Waals surface area contributed by atoms with E-state index in [1.165, 1.54) is 0 Å². The van der Waals surface area contributed by atoms with E-state index in [-0.39, 0.29) is 11.8 Å². The van der Waals surface area contributed by atoms with Crippen LogP contribution in [0.25, 0.3) is 0 Å². The minimum absolute atomic E-state index is 0.0411. The number of nitrogens with one attached hydrogen (secondary N) is 2. The Balaban J connectivity index is 0. The highest BCUT2D eigenvalue weighted by Crippen LogP contribution is 2.04. The zero-order valence-electron chi connectivity index (χ0n) is 16.3. The third-order valence-electron chi connectivity index (χ3n) is 2.64. The topological polar surface area (TPSA) is 58.2 Å². The Labute approximate surface area is 152 Å². The maximum absolute atomic E-state index is 10.9. The van der Waals surface area contributed by atoms with Crippen LogP contribution in [-0.2, 0) is 4.79 Å². The highest BCUT2D eigenvalue weighted by atomic mass is 16.2. The second-order valence-electron chi connectivity index (χ2n) is 4.21. The van der Waals surface area contributed by atoms with Crippen LogP contribution in [0.4, 0.5) is 5.69 Å². The van der Waals surface area contributed by atoms with Crippen LogP contribution in [0.5, 0.6) is 0 Å². The van der Waals surface area contributed by atoms with E-state index in [4.69, 9.17) is 0 Å². The normalized spacial score (nSPS) is 8.08. The Morgan fingerprint density at radius 3 is 1.64 bits per heavy atom. The molecule has 2 N–H and O–H groups in total. The van der Waals surface area contributed by atoms with Gasteiger partial charge in [-0.1, -0.05) is 71.0 Å². The summed E-state index contributed by atoms with van der Waals surface area (Å²) in [6.07, 6.45) is 0.523. The van der Waals surface area contributed by atoms with Crippen LogP contribution < -0.4 is 10.6 Å². The molecule has 0 spiro atoms. The molecule has 0 saturated carbocycles. The SMILES string of the molecule is CC.CC.CCC(=O)Nc1ccccc1.CNC(=O)c1ccccc1. The third kappa shape index (κ3) is 12.5. The molecule has 2 aromatic rings. The number of hydrogen-bond acceptors (Lipinski definition) is 2. The Kier molecular flexibility index (Phi) is 17.5. The van der Waals surface area contributed by atoms with Crippen LogP contribution in [-0.4, -0.2) is 18.9 Å². The average molecular weight is 344 g/mol. The van der Waals surface area contributed by atoms with Gasteiger partial charge in [0.2, 0.25) is 5.91 Å². The lowest BCUT2D eigenvalue weighted by atomic mass is 10.2. The van der Waals surface area contributed by atoms with E-state index in [0.29, 0.717) is 12.0 Å². The van der Waals surface area contributed by atoms with Gasteiger partial charge in [-0.25, -0.2) is 0 Å². The van der Waals surface area contributed by atoms with Gasteiger partial charge in [0.25, 0.3) is 5.91 Å². The molecule has 0 heterocycles. The Morgan fingerprint density at radius 2 is 1.24 bits per heavy atom. The first-order chi connectivity index (χ1) is 12.2. The van der Waals surface area contributed by atoms with Crippen molar-refractivity contribution >= 4 is 17.5 Å². The van der Waals surface area contributed by atoms with Crippen molar-refractivity contribution in [2.45, 2.75) is 41.0 Å². The fourth-order valence-electron chi connectivity index (χ4n) is 1.50. The number of rotatable bonds is 3. The molecule has 138 valence electrons. The number of carbonyl (C=O) groups is 2. The summed E-state index contributed by atoms with van der Waals surface area (Å²) in [6, 6.07) is 18.6. The summed E-state index contributed by atoms with van der Waals surface area (Å²) in [5, 5.41) is 5.29. The molecule has 0 aromatic heterocycles. The lowest BCUT2D eigenvalue weighted by molar-refractivity contribution is -0.115. The van der Waals surface area contributed by atoms with Crippen LogP contribution in [0.15, 0.2) is 60.7 Å². The summed E-state index contributed by atoms with van der Waals surface area (Å²) in [4.78, 5) is 21.8. The molecule has 0 unspecified atom stereocenters. The zero-order chi connectivity index (χ0) is 19.5. The van der Waals surface area contributed by atoms with Crippen molar-refractivity contribution in [2.24, 2.45) is 0 Å². The molecule has 2 amide bonds. The van der Waals surface area contributed by atoms with Gasteiger partial charge in [0, 0.05) is 24.7 Å². The molecular formula is C21H32N2O2. The molecule has 2 rings (SSSR count). The van der Waals surface area contributed by atoms with Crippen molar-refractivity contribution in [2.75, 3.05) is 12.4 Å². The van der Waals surface area contributed by atoms with Crippen LogP contribution in [0, 0.1) is 0 Å². The van der Waals surface area contributed by atoms with Gasteiger partial charge >= 0.3 is 0 Å². The van der Waals surface area contributed by atoms with Gasteiger partial charge in [-0.05, 0) is 24.3 Å². The number of anilines is 1. The Hall–Kier alpha value is -2.62. The largest absolute Gasteiger partial charge is 0.355 e.